The zero-order valence-corrected chi connectivity index (χ0v) is 11.6. The van der Waals surface area contributed by atoms with Gasteiger partial charge in [-0.1, -0.05) is 5.21 Å². The summed E-state index contributed by atoms with van der Waals surface area (Å²) < 4.78 is 1.82. The molecule has 110 valence electrons. The number of nitrogens with one attached hydrogen (secondary N) is 1. The molecule has 2 amide bonds. The van der Waals surface area contributed by atoms with Crippen LogP contribution in [-0.4, -0.2) is 49.0 Å². The van der Waals surface area contributed by atoms with Crippen molar-refractivity contribution in [3.63, 3.8) is 0 Å². The van der Waals surface area contributed by atoms with Gasteiger partial charge in [0.1, 0.15) is 12.1 Å². The van der Waals surface area contributed by atoms with Crippen LogP contribution in [0.25, 0.3) is 0 Å². The van der Waals surface area contributed by atoms with Gasteiger partial charge in [-0.3, -0.25) is 10.00 Å². The molecule has 2 aromatic rings. The maximum atomic E-state index is 12.2. The van der Waals surface area contributed by atoms with Crippen LogP contribution in [0.15, 0.2) is 31.0 Å². The molecule has 2 aromatic heterocycles. The van der Waals surface area contributed by atoms with Crippen LogP contribution in [0.4, 0.5) is 10.6 Å². The summed E-state index contributed by atoms with van der Waals surface area (Å²) in [5.41, 5.74) is 0. The Bertz CT molecular complexity index is 571. The van der Waals surface area contributed by atoms with E-state index in [2.05, 4.69) is 25.6 Å². The molecular weight excluding hydrogens is 270 g/mol. The first-order chi connectivity index (χ1) is 10.3. The molecule has 1 fully saturated rings. The zero-order chi connectivity index (χ0) is 14.5. The summed E-state index contributed by atoms with van der Waals surface area (Å²) in [4.78, 5) is 21.9. The molecule has 1 N–H and O–H groups in total. The van der Waals surface area contributed by atoms with E-state index in [1.54, 1.807) is 18.5 Å². The van der Waals surface area contributed by atoms with Crippen LogP contribution in [0.1, 0.15) is 12.8 Å². The van der Waals surface area contributed by atoms with E-state index in [-0.39, 0.29) is 6.03 Å². The molecular formula is C13H17N7O. The number of amides is 2. The van der Waals surface area contributed by atoms with Crippen molar-refractivity contribution in [3.8, 4) is 0 Å². The molecule has 0 bridgehead atoms. The molecule has 1 atom stereocenters. The summed E-state index contributed by atoms with van der Waals surface area (Å²) in [6, 6.07) is 1.56. The summed E-state index contributed by atoms with van der Waals surface area (Å²) in [6.45, 7) is 2.28. The van der Waals surface area contributed by atoms with Crippen LogP contribution < -0.4 is 5.32 Å². The van der Waals surface area contributed by atoms with Gasteiger partial charge in [-0.2, -0.15) is 0 Å². The number of aromatic nitrogens is 5. The van der Waals surface area contributed by atoms with Crippen LogP contribution in [0, 0.1) is 5.92 Å². The molecule has 0 radical (unpaired) electrons. The quantitative estimate of drug-likeness (QED) is 0.910. The fraction of sp³-hybridized carbons (Fsp3) is 0.462. The van der Waals surface area contributed by atoms with E-state index in [0.29, 0.717) is 11.7 Å². The van der Waals surface area contributed by atoms with E-state index < -0.39 is 0 Å². The van der Waals surface area contributed by atoms with Gasteiger partial charge < -0.3 is 4.90 Å². The molecule has 1 aliphatic heterocycles. The van der Waals surface area contributed by atoms with Crippen molar-refractivity contribution in [2.45, 2.75) is 19.4 Å². The highest BCUT2D eigenvalue weighted by Gasteiger charge is 2.24. The predicted molar refractivity (Wildman–Crippen MR) is 75.4 cm³/mol. The normalized spacial score (nSPS) is 18.5. The van der Waals surface area contributed by atoms with Gasteiger partial charge in [-0.25, -0.2) is 14.8 Å². The van der Waals surface area contributed by atoms with Gasteiger partial charge in [-0.15, -0.1) is 5.10 Å². The second-order valence-electron chi connectivity index (χ2n) is 5.10. The number of hydrogen-bond acceptors (Lipinski definition) is 5. The van der Waals surface area contributed by atoms with E-state index in [4.69, 9.17) is 0 Å². The lowest BCUT2D eigenvalue weighted by Crippen LogP contribution is -2.43. The first-order valence-electron chi connectivity index (χ1n) is 6.97. The Kier molecular flexibility index (Phi) is 4.04. The number of rotatable bonds is 3. The largest absolute Gasteiger partial charge is 0.324 e. The Morgan fingerprint density at radius 2 is 2.38 bits per heavy atom. The molecule has 8 heteroatoms. The third kappa shape index (κ3) is 3.53. The Balaban J connectivity index is 1.56. The number of piperidine rings is 1. The third-order valence-electron chi connectivity index (χ3n) is 3.54. The fourth-order valence-electron chi connectivity index (χ4n) is 2.55. The van der Waals surface area contributed by atoms with Crippen molar-refractivity contribution in [3.05, 3.63) is 31.0 Å². The minimum Gasteiger partial charge on any atom is -0.324 e. The molecule has 1 unspecified atom stereocenters. The monoisotopic (exact) mass is 287 g/mol. The second-order valence-corrected chi connectivity index (χ2v) is 5.10. The van der Waals surface area contributed by atoms with Gasteiger partial charge in [0.2, 0.25) is 0 Å². The molecule has 1 saturated heterocycles. The first kappa shape index (κ1) is 13.5. The van der Waals surface area contributed by atoms with Crippen molar-refractivity contribution >= 4 is 11.8 Å². The van der Waals surface area contributed by atoms with Crippen LogP contribution in [0.3, 0.4) is 0 Å². The number of likely N-dealkylation sites (tertiary alicyclic amines) is 1. The molecule has 3 heterocycles. The van der Waals surface area contributed by atoms with Crippen LogP contribution in [-0.2, 0) is 6.54 Å². The van der Waals surface area contributed by atoms with E-state index >= 15 is 0 Å². The standard InChI is InChI=1S/C13H17N7O/c21-13(17-12-3-4-14-10-15-12)19-6-1-2-11(8-19)9-20-7-5-16-18-20/h3-5,7,10-11H,1-2,6,8-9H2,(H,14,15,17,21). The minimum absolute atomic E-state index is 0.114. The van der Waals surface area contributed by atoms with Gasteiger partial charge in [0.05, 0.1) is 6.20 Å². The molecule has 1 aliphatic rings. The number of urea groups is 1. The molecule has 21 heavy (non-hydrogen) atoms. The fourth-order valence-corrected chi connectivity index (χ4v) is 2.55. The van der Waals surface area contributed by atoms with E-state index in [1.165, 1.54) is 6.33 Å². The highest BCUT2D eigenvalue weighted by Crippen LogP contribution is 2.18. The Morgan fingerprint density at radius 1 is 1.43 bits per heavy atom. The maximum absolute atomic E-state index is 12.2. The van der Waals surface area contributed by atoms with E-state index in [9.17, 15) is 4.79 Å². The van der Waals surface area contributed by atoms with Gasteiger partial charge >= 0.3 is 6.03 Å². The maximum Gasteiger partial charge on any atom is 0.323 e. The first-order valence-corrected chi connectivity index (χ1v) is 6.97. The Labute approximate surface area is 122 Å². The van der Waals surface area contributed by atoms with Crippen molar-refractivity contribution in [2.24, 2.45) is 5.92 Å². The third-order valence-corrected chi connectivity index (χ3v) is 3.54. The lowest BCUT2D eigenvalue weighted by molar-refractivity contribution is 0.168. The highest BCUT2D eigenvalue weighted by molar-refractivity contribution is 5.88. The summed E-state index contributed by atoms with van der Waals surface area (Å²) in [5.74, 6) is 0.921. The van der Waals surface area contributed by atoms with Gasteiger partial charge in [0, 0.05) is 32.0 Å². The number of carbonyl (C=O) groups excluding carboxylic acids is 1. The number of hydrogen-bond donors (Lipinski definition) is 1. The second kappa shape index (κ2) is 6.29. The Morgan fingerprint density at radius 3 is 3.14 bits per heavy atom. The van der Waals surface area contributed by atoms with Crippen molar-refractivity contribution in [2.75, 3.05) is 18.4 Å². The van der Waals surface area contributed by atoms with E-state index in [1.807, 2.05) is 15.8 Å². The smallest absolute Gasteiger partial charge is 0.323 e. The van der Waals surface area contributed by atoms with Crippen molar-refractivity contribution in [1.29, 1.82) is 0 Å². The lowest BCUT2D eigenvalue weighted by Gasteiger charge is -2.32. The molecule has 0 spiro atoms. The average molecular weight is 287 g/mol. The predicted octanol–water partition coefficient (Wildman–Crippen LogP) is 1.01. The molecule has 0 saturated carbocycles. The summed E-state index contributed by atoms with van der Waals surface area (Å²) in [7, 11) is 0. The molecule has 0 aliphatic carbocycles. The van der Waals surface area contributed by atoms with Gasteiger partial charge in [0.25, 0.3) is 0 Å². The summed E-state index contributed by atoms with van der Waals surface area (Å²) in [6.07, 6.45) is 8.63. The lowest BCUT2D eigenvalue weighted by atomic mass is 9.98. The number of carbonyl (C=O) groups is 1. The summed E-state index contributed by atoms with van der Waals surface area (Å²) >= 11 is 0. The SMILES string of the molecule is O=C(Nc1ccncn1)N1CCCC(Cn2ccnn2)C1. The van der Waals surface area contributed by atoms with Crippen LogP contribution >= 0.6 is 0 Å². The van der Waals surface area contributed by atoms with Crippen LogP contribution in [0.5, 0.6) is 0 Å². The minimum atomic E-state index is -0.114. The Hall–Kier alpha value is -2.51. The highest BCUT2D eigenvalue weighted by atomic mass is 16.2. The molecule has 3 rings (SSSR count). The molecule has 8 nitrogen and oxygen atoms in total. The van der Waals surface area contributed by atoms with Crippen molar-refractivity contribution in [1.82, 2.24) is 29.9 Å². The van der Waals surface area contributed by atoms with Gasteiger partial charge in [-0.05, 0) is 24.8 Å². The molecule has 0 aromatic carbocycles. The number of nitrogens with zero attached hydrogens (tertiary/aromatic N) is 6. The summed E-state index contributed by atoms with van der Waals surface area (Å²) in [5, 5.41) is 10.6. The van der Waals surface area contributed by atoms with Gasteiger partial charge in [0.15, 0.2) is 0 Å². The topological polar surface area (TPSA) is 88.8 Å². The average Bonchev–Trinajstić information content (AvgIpc) is 3.01. The van der Waals surface area contributed by atoms with Crippen LogP contribution in [0.2, 0.25) is 0 Å². The number of anilines is 1. The van der Waals surface area contributed by atoms with E-state index in [0.717, 1.165) is 32.5 Å². The zero-order valence-electron chi connectivity index (χ0n) is 11.6. The van der Waals surface area contributed by atoms with Crippen molar-refractivity contribution < 1.29 is 4.79 Å².